The first kappa shape index (κ1) is 15.9. The maximum atomic E-state index is 12.2. The first-order valence-corrected chi connectivity index (χ1v) is 7.83. The summed E-state index contributed by atoms with van der Waals surface area (Å²) in [5, 5.41) is 0. The summed E-state index contributed by atoms with van der Waals surface area (Å²) in [6.07, 6.45) is -0.842. The molecule has 0 aliphatic carbocycles. The zero-order chi connectivity index (χ0) is 15.4. The molecule has 0 spiro atoms. The zero-order valence-electron chi connectivity index (χ0n) is 11.2. The van der Waals surface area contributed by atoms with Gasteiger partial charge in [-0.1, -0.05) is 40.2 Å². The molecule has 1 unspecified atom stereocenters. The van der Waals surface area contributed by atoms with E-state index in [2.05, 4.69) is 31.9 Å². The second-order valence-electron chi connectivity index (χ2n) is 4.40. The molecule has 0 aliphatic rings. The Morgan fingerprint density at radius 1 is 1.00 bits per heavy atom. The number of ketones is 1. The lowest BCUT2D eigenvalue weighted by atomic mass is 10.1. The molecular weight excluding hydrogens is 400 g/mol. The Hall–Kier alpha value is -1.46. The van der Waals surface area contributed by atoms with E-state index in [1.54, 1.807) is 55.5 Å². The van der Waals surface area contributed by atoms with Crippen LogP contribution in [0.15, 0.2) is 57.5 Å². The lowest BCUT2D eigenvalue weighted by Crippen LogP contribution is -2.24. The van der Waals surface area contributed by atoms with Crippen molar-refractivity contribution < 1.29 is 14.3 Å². The number of hydrogen-bond acceptors (Lipinski definition) is 3. The van der Waals surface area contributed by atoms with Gasteiger partial charge in [0, 0.05) is 14.5 Å². The van der Waals surface area contributed by atoms with Crippen LogP contribution in [-0.4, -0.2) is 17.9 Å². The molecule has 0 heterocycles. The van der Waals surface area contributed by atoms with Gasteiger partial charge in [0.05, 0.1) is 5.56 Å². The minimum Gasteiger partial charge on any atom is -0.451 e. The number of halogens is 2. The monoisotopic (exact) mass is 410 g/mol. The topological polar surface area (TPSA) is 43.4 Å². The van der Waals surface area contributed by atoms with Gasteiger partial charge >= 0.3 is 5.97 Å². The van der Waals surface area contributed by atoms with Gasteiger partial charge in [-0.2, -0.15) is 0 Å². The van der Waals surface area contributed by atoms with Crippen LogP contribution in [0.4, 0.5) is 0 Å². The van der Waals surface area contributed by atoms with Gasteiger partial charge in [-0.3, -0.25) is 4.79 Å². The van der Waals surface area contributed by atoms with Crippen molar-refractivity contribution in [1.82, 2.24) is 0 Å². The van der Waals surface area contributed by atoms with E-state index in [-0.39, 0.29) is 5.78 Å². The van der Waals surface area contributed by atoms with E-state index in [4.69, 9.17) is 4.74 Å². The number of carbonyl (C=O) groups excluding carboxylic acids is 2. The van der Waals surface area contributed by atoms with Gasteiger partial charge in [0.25, 0.3) is 0 Å². The maximum absolute atomic E-state index is 12.2. The fourth-order valence-electron chi connectivity index (χ4n) is 1.75. The summed E-state index contributed by atoms with van der Waals surface area (Å²) in [4.78, 5) is 24.3. The van der Waals surface area contributed by atoms with Crippen molar-refractivity contribution in [3.05, 3.63) is 68.6 Å². The molecule has 21 heavy (non-hydrogen) atoms. The van der Waals surface area contributed by atoms with Crippen molar-refractivity contribution in [3.63, 3.8) is 0 Å². The molecule has 0 amide bonds. The molecule has 1 atom stereocenters. The summed E-state index contributed by atoms with van der Waals surface area (Å²) in [6, 6.07) is 13.9. The van der Waals surface area contributed by atoms with Crippen molar-refractivity contribution in [1.29, 1.82) is 0 Å². The van der Waals surface area contributed by atoms with E-state index in [9.17, 15) is 9.59 Å². The molecule has 108 valence electrons. The fraction of sp³-hybridized carbons (Fsp3) is 0.125. The molecule has 0 fully saturated rings. The third kappa shape index (κ3) is 4.02. The quantitative estimate of drug-likeness (QED) is 0.543. The van der Waals surface area contributed by atoms with Crippen LogP contribution in [0.3, 0.4) is 0 Å². The first-order chi connectivity index (χ1) is 9.99. The molecule has 0 radical (unpaired) electrons. The lowest BCUT2D eigenvalue weighted by Gasteiger charge is -2.13. The van der Waals surface area contributed by atoms with Crippen molar-refractivity contribution in [2.24, 2.45) is 0 Å². The van der Waals surface area contributed by atoms with Crippen molar-refractivity contribution in [3.8, 4) is 0 Å². The SMILES string of the molecule is CC(OC(=O)c1ccccc1Br)C(=O)c1ccc(Br)cc1. The standard InChI is InChI=1S/C16H12Br2O3/c1-10(15(19)11-6-8-12(17)9-7-11)21-16(20)13-4-2-3-5-14(13)18/h2-10H,1H3. The lowest BCUT2D eigenvalue weighted by molar-refractivity contribution is 0.0318. The molecule has 2 aromatic rings. The predicted molar refractivity (Wildman–Crippen MR) is 87.5 cm³/mol. The van der Waals surface area contributed by atoms with Crippen LogP contribution in [0.25, 0.3) is 0 Å². The molecule has 5 heteroatoms. The van der Waals surface area contributed by atoms with Crippen LogP contribution in [0.1, 0.15) is 27.6 Å². The summed E-state index contributed by atoms with van der Waals surface area (Å²) in [6.45, 7) is 1.57. The minimum atomic E-state index is -0.842. The zero-order valence-corrected chi connectivity index (χ0v) is 14.3. The summed E-state index contributed by atoms with van der Waals surface area (Å²) < 4.78 is 6.76. The molecule has 0 bridgehead atoms. The number of ether oxygens (including phenoxy) is 1. The molecule has 3 nitrogen and oxygen atoms in total. The van der Waals surface area contributed by atoms with Gasteiger partial charge in [-0.15, -0.1) is 0 Å². The predicted octanol–water partition coefficient (Wildman–Crippen LogP) is 4.64. The average molecular weight is 412 g/mol. The Morgan fingerprint density at radius 3 is 2.24 bits per heavy atom. The summed E-state index contributed by atoms with van der Waals surface area (Å²) in [5.74, 6) is -0.761. The molecule has 0 N–H and O–H groups in total. The smallest absolute Gasteiger partial charge is 0.339 e. The molecule has 0 aliphatic heterocycles. The molecular formula is C16H12Br2O3. The number of Topliss-reactive ketones (excluding diaryl/α,β-unsaturated/α-hetero) is 1. The molecule has 0 aromatic heterocycles. The number of esters is 1. The number of hydrogen-bond donors (Lipinski definition) is 0. The Kier molecular flexibility index (Phi) is 5.31. The van der Waals surface area contributed by atoms with Crippen molar-refractivity contribution in [2.75, 3.05) is 0 Å². The maximum Gasteiger partial charge on any atom is 0.339 e. The highest BCUT2D eigenvalue weighted by Crippen LogP contribution is 2.18. The third-order valence-corrected chi connectivity index (χ3v) is 4.10. The second-order valence-corrected chi connectivity index (χ2v) is 6.17. The Labute approximate surface area is 139 Å². The van der Waals surface area contributed by atoms with Crippen molar-refractivity contribution in [2.45, 2.75) is 13.0 Å². The Morgan fingerprint density at radius 2 is 1.62 bits per heavy atom. The van der Waals surface area contributed by atoms with Crippen LogP contribution in [0, 0.1) is 0 Å². The third-order valence-electron chi connectivity index (χ3n) is 2.88. The normalized spacial score (nSPS) is 11.8. The average Bonchev–Trinajstić information content (AvgIpc) is 2.47. The van der Waals surface area contributed by atoms with Gasteiger partial charge < -0.3 is 4.74 Å². The summed E-state index contributed by atoms with van der Waals surface area (Å²) in [7, 11) is 0. The van der Waals surface area contributed by atoms with Gasteiger partial charge in [-0.05, 0) is 47.1 Å². The van der Waals surface area contributed by atoms with E-state index >= 15 is 0 Å². The largest absolute Gasteiger partial charge is 0.451 e. The second kappa shape index (κ2) is 7.00. The van der Waals surface area contributed by atoms with Crippen LogP contribution in [0.2, 0.25) is 0 Å². The molecule has 2 rings (SSSR count). The number of rotatable bonds is 4. The van der Waals surface area contributed by atoms with Gasteiger partial charge in [0.15, 0.2) is 6.10 Å². The van der Waals surface area contributed by atoms with Gasteiger partial charge in [0.1, 0.15) is 0 Å². The Bertz CT molecular complexity index is 665. The highest BCUT2D eigenvalue weighted by atomic mass is 79.9. The number of benzene rings is 2. The van der Waals surface area contributed by atoms with Crippen molar-refractivity contribution >= 4 is 43.6 Å². The molecule has 2 aromatic carbocycles. The van der Waals surface area contributed by atoms with E-state index in [0.29, 0.717) is 15.6 Å². The van der Waals surface area contributed by atoms with Crippen LogP contribution in [-0.2, 0) is 4.74 Å². The van der Waals surface area contributed by atoms with Crippen LogP contribution >= 0.6 is 31.9 Å². The van der Waals surface area contributed by atoms with E-state index in [1.807, 2.05) is 0 Å². The summed E-state index contributed by atoms with van der Waals surface area (Å²) in [5.41, 5.74) is 0.901. The van der Waals surface area contributed by atoms with Gasteiger partial charge in [0.2, 0.25) is 5.78 Å². The van der Waals surface area contributed by atoms with E-state index < -0.39 is 12.1 Å². The van der Waals surface area contributed by atoms with Gasteiger partial charge in [-0.25, -0.2) is 4.79 Å². The first-order valence-electron chi connectivity index (χ1n) is 6.24. The fourth-order valence-corrected chi connectivity index (χ4v) is 2.46. The van der Waals surface area contributed by atoms with E-state index in [0.717, 1.165) is 4.47 Å². The van der Waals surface area contributed by atoms with E-state index in [1.165, 1.54) is 0 Å². The molecule has 0 saturated heterocycles. The highest BCUT2D eigenvalue weighted by Gasteiger charge is 2.21. The minimum absolute atomic E-state index is 0.233. The van der Waals surface area contributed by atoms with Crippen LogP contribution < -0.4 is 0 Å². The summed E-state index contributed by atoms with van der Waals surface area (Å²) >= 11 is 6.59. The highest BCUT2D eigenvalue weighted by molar-refractivity contribution is 9.10. The molecule has 0 saturated carbocycles. The van der Waals surface area contributed by atoms with Crippen LogP contribution in [0.5, 0.6) is 0 Å². The Balaban J connectivity index is 2.09. The number of carbonyl (C=O) groups is 2.